The summed E-state index contributed by atoms with van der Waals surface area (Å²) in [5, 5.41) is 14.7. The molecule has 0 saturated carbocycles. The van der Waals surface area contributed by atoms with Gasteiger partial charge in [0.2, 0.25) is 11.8 Å². The molecule has 0 aliphatic carbocycles. The standard InChI is InChI=1S/C24H22F2N4O3/c1-13(22(31)28-12-14-7-17(25)10-18(26)8-14)23(32)29-20-6-5-15-3-2-4-16-9-19(11-27)30(21(15)16)24(20)33/h2-4,7-8,10,13,19-20H,5-6,9,12H2,1H3,(H,28,31)(H,29,32)/t13-,19?,20?/m0/s1. The van der Waals surface area contributed by atoms with Crippen LogP contribution in [0.15, 0.2) is 36.4 Å². The van der Waals surface area contributed by atoms with Crippen molar-refractivity contribution in [3.8, 4) is 6.07 Å². The van der Waals surface area contributed by atoms with Crippen LogP contribution in [0.25, 0.3) is 0 Å². The number of para-hydroxylation sites is 1. The van der Waals surface area contributed by atoms with E-state index in [0.29, 0.717) is 19.3 Å². The zero-order valence-electron chi connectivity index (χ0n) is 17.9. The highest BCUT2D eigenvalue weighted by atomic mass is 19.1. The third-order valence-electron chi connectivity index (χ3n) is 6.05. The van der Waals surface area contributed by atoms with Crippen LogP contribution in [0.5, 0.6) is 0 Å². The van der Waals surface area contributed by atoms with Crippen molar-refractivity contribution in [1.82, 2.24) is 10.6 Å². The second-order valence-corrected chi connectivity index (χ2v) is 8.30. The summed E-state index contributed by atoms with van der Waals surface area (Å²) < 4.78 is 26.6. The van der Waals surface area contributed by atoms with Crippen molar-refractivity contribution in [3.63, 3.8) is 0 Å². The Balaban J connectivity index is 1.42. The lowest BCUT2D eigenvalue weighted by Crippen LogP contribution is -2.52. The summed E-state index contributed by atoms with van der Waals surface area (Å²) in [6.45, 7) is 1.24. The Morgan fingerprint density at radius 2 is 1.88 bits per heavy atom. The average Bonchev–Trinajstić information content (AvgIpc) is 3.11. The molecule has 0 saturated heterocycles. The van der Waals surface area contributed by atoms with E-state index < -0.39 is 41.5 Å². The molecule has 3 amide bonds. The molecule has 2 aliphatic rings. The van der Waals surface area contributed by atoms with Gasteiger partial charge in [-0.25, -0.2) is 8.78 Å². The van der Waals surface area contributed by atoms with Gasteiger partial charge in [0.05, 0.1) is 11.8 Å². The number of nitrogens with zero attached hydrogens (tertiary/aromatic N) is 2. The lowest BCUT2D eigenvalue weighted by Gasteiger charge is -2.25. The number of carbonyl (C=O) groups is 3. The van der Waals surface area contributed by atoms with Crippen molar-refractivity contribution in [1.29, 1.82) is 5.26 Å². The molecule has 2 aliphatic heterocycles. The van der Waals surface area contributed by atoms with Gasteiger partial charge in [0.25, 0.3) is 5.91 Å². The van der Waals surface area contributed by atoms with Crippen molar-refractivity contribution < 1.29 is 23.2 Å². The minimum atomic E-state index is -1.14. The third-order valence-corrected chi connectivity index (χ3v) is 6.05. The summed E-state index contributed by atoms with van der Waals surface area (Å²) in [5.41, 5.74) is 2.85. The van der Waals surface area contributed by atoms with Crippen molar-refractivity contribution in [3.05, 3.63) is 64.7 Å². The molecule has 0 bridgehead atoms. The Morgan fingerprint density at radius 3 is 2.58 bits per heavy atom. The maximum atomic E-state index is 13.3. The Morgan fingerprint density at radius 1 is 1.18 bits per heavy atom. The van der Waals surface area contributed by atoms with Gasteiger partial charge in [0.1, 0.15) is 29.6 Å². The maximum absolute atomic E-state index is 13.3. The first kappa shape index (κ1) is 22.4. The second-order valence-electron chi connectivity index (χ2n) is 8.30. The molecule has 33 heavy (non-hydrogen) atoms. The minimum Gasteiger partial charge on any atom is -0.351 e. The number of hydrogen-bond acceptors (Lipinski definition) is 4. The van der Waals surface area contributed by atoms with Crippen molar-refractivity contribution in [2.75, 3.05) is 4.90 Å². The summed E-state index contributed by atoms with van der Waals surface area (Å²) in [6.07, 6.45) is 1.32. The lowest BCUT2D eigenvalue weighted by molar-refractivity contribution is -0.136. The molecule has 2 heterocycles. The molecule has 4 rings (SSSR count). The van der Waals surface area contributed by atoms with Gasteiger partial charge in [-0.3, -0.25) is 19.3 Å². The summed E-state index contributed by atoms with van der Waals surface area (Å²) in [6, 6.07) is 9.25. The van der Waals surface area contributed by atoms with Gasteiger partial charge in [0.15, 0.2) is 0 Å². The highest BCUT2D eigenvalue weighted by molar-refractivity contribution is 6.05. The van der Waals surface area contributed by atoms with E-state index in [1.165, 1.54) is 11.8 Å². The predicted molar refractivity (Wildman–Crippen MR) is 115 cm³/mol. The molecule has 2 unspecified atom stereocenters. The van der Waals surface area contributed by atoms with Gasteiger partial charge in [-0.05, 0) is 48.6 Å². The van der Waals surface area contributed by atoms with Crippen LogP contribution in [0.3, 0.4) is 0 Å². The smallest absolute Gasteiger partial charge is 0.250 e. The van der Waals surface area contributed by atoms with Crippen LogP contribution in [0.4, 0.5) is 14.5 Å². The molecule has 7 nitrogen and oxygen atoms in total. The number of hydrogen-bond donors (Lipinski definition) is 2. The Hall–Kier alpha value is -3.80. The molecule has 2 aromatic carbocycles. The molecule has 3 atom stereocenters. The number of amides is 3. The first-order valence-corrected chi connectivity index (χ1v) is 10.6. The highest BCUT2D eigenvalue weighted by Crippen LogP contribution is 2.38. The second kappa shape index (κ2) is 8.98. The summed E-state index contributed by atoms with van der Waals surface area (Å²) in [7, 11) is 0. The fourth-order valence-corrected chi connectivity index (χ4v) is 4.34. The molecular formula is C24H22F2N4O3. The van der Waals surface area contributed by atoms with Gasteiger partial charge in [-0.15, -0.1) is 0 Å². The monoisotopic (exact) mass is 452 g/mol. The number of nitrogens with one attached hydrogen (secondary N) is 2. The molecule has 0 fully saturated rings. The number of nitriles is 1. The molecule has 0 aromatic heterocycles. The van der Waals surface area contributed by atoms with Crippen molar-refractivity contribution in [2.45, 2.75) is 44.8 Å². The fraction of sp³-hybridized carbons (Fsp3) is 0.333. The van der Waals surface area contributed by atoms with Crippen LogP contribution in [0, 0.1) is 28.9 Å². The SMILES string of the molecule is C[C@@H](C(=O)NCc1cc(F)cc(F)c1)C(=O)NC1CCc2cccc3c2N(C1=O)C(C#N)C3. The topological polar surface area (TPSA) is 102 Å². The first-order valence-electron chi connectivity index (χ1n) is 10.6. The van der Waals surface area contributed by atoms with Gasteiger partial charge in [-0.2, -0.15) is 5.26 Å². The minimum absolute atomic E-state index is 0.150. The van der Waals surface area contributed by atoms with Crippen molar-refractivity contribution in [2.24, 2.45) is 5.92 Å². The van der Waals surface area contributed by atoms with E-state index >= 15 is 0 Å². The molecule has 2 N–H and O–H groups in total. The summed E-state index contributed by atoms with van der Waals surface area (Å²) >= 11 is 0. The van der Waals surface area contributed by atoms with Crippen LogP contribution < -0.4 is 15.5 Å². The van der Waals surface area contributed by atoms with Crippen LogP contribution in [0.1, 0.15) is 30.0 Å². The summed E-state index contributed by atoms with van der Waals surface area (Å²) in [5.74, 6) is -4.32. The van der Waals surface area contributed by atoms with Crippen LogP contribution >= 0.6 is 0 Å². The number of halogens is 2. The van der Waals surface area contributed by atoms with Gasteiger partial charge >= 0.3 is 0 Å². The average molecular weight is 452 g/mol. The van der Waals surface area contributed by atoms with Crippen LogP contribution in [-0.4, -0.2) is 29.8 Å². The largest absolute Gasteiger partial charge is 0.351 e. The van der Waals surface area contributed by atoms with E-state index in [1.54, 1.807) is 0 Å². The molecule has 9 heteroatoms. The molecule has 0 spiro atoms. The van der Waals surface area contributed by atoms with Gasteiger partial charge in [0, 0.05) is 19.0 Å². The predicted octanol–water partition coefficient (Wildman–Crippen LogP) is 2.13. The van der Waals surface area contributed by atoms with E-state index in [9.17, 15) is 28.4 Å². The maximum Gasteiger partial charge on any atom is 0.250 e. The molecule has 0 radical (unpaired) electrons. The Bertz CT molecular complexity index is 1160. The number of aryl methyl sites for hydroxylation is 1. The summed E-state index contributed by atoms with van der Waals surface area (Å²) in [4.78, 5) is 39.9. The Kier molecular flexibility index (Phi) is 6.09. The molecular weight excluding hydrogens is 430 g/mol. The number of benzene rings is 2. The fourth-order valence-electron chi connectivity index (χ4n) is 4.34. The van der Waals surface area contributed by atoms with Crippen LogP contribution in [-0.2, 0) is 33.8 Å². The van der Waals surface area contributed by atoms with Crippen molar-refractivity contribution >= 4 is 23.4 Å². The highest BCUT2D eigenvalue weighted by Gasteiger charge is 2.41. The van der Waals surface area contributed by atoms with Crippen LogP contribution in [0.2, 0.25) is 0 Å². The van der Waals surface area contributed by atoms with Gasteiger partial charge < -0.3 is 10.6 Å². The lowest BCUT2D eigenvalue weighted by atomic mass is 10.0. The number of carbonyl (C=O) groups excluding carboxylic acids is 3. The van der Waals surface area contributed by atoms with E-state index in [2.05, 4.69) is 16.7 Å². The number of rotatable bonds is 5. The quantitative estimate of drug-likeness (QED) is 0.679. The molecule has 170 valence electrons. The molecule has 2 aromatic rings. The van der Waals surface area contributed by atoms with Gasteiger partial charge in [-0.1, -0.05) is 18.2 Å². The zero-order chi connectivity index (χ0) is 23.7. The first-order chi connectivity index (χ1) is 15.8. The third kappa shape index (κ3) is 4.42. The van der Waals surface area contributed by atoms with E-state index in [0.717, 1.165) is 35.0 Å². The number of anilines is 1. The van der Waals surface area contributed by atoms with E-state index in [4.69, 9.17) is 0 Å². The van der Waals surface area contributed by atoms with E-state index in [1.807, 2.05) is 18.2 Å². The van der Waals surface area contributed by atoms with E-state index in [-0.39, 0.29) is 18.0 Å². The normalized spacial score (nSPS) is 19.8. The Labute approximate surface area is 189 Å². The zero-order valence-corrected chi connectivity index (χ0v) is 17.9.